The summed E-state index contributed by atoms with van der Waals surface area (Å²) in [7, 11) is 0. The molecule has 6 nitrogen and oxygen atoms in total. The molecule has 1 aliphatic rings. The Balaban J connectivity index is 0.00000114. The van der Waals surface area contributed by atoms with Crippen molar-refractivity contribution in [3.8, 4) is 0 Å². The molecule has 1 saturated heterocycles. The van der Waals surface area contributed by atoms with Gasteiger partial charge < -0.3 is 15.1 Å². The van der Waals surface area contributed by atoms with Gasteiger partial charge in [0, 0.05) is 12.1 Å². The van der Waals surface area contributed by atoms with Crippen LogP contribution in [0.5, 0.6) is 0 Å². The maximum Gasteiger partial charge on any atom is 0.317 e. The molecule has 7 heteroatoms. The number of aryl methyl sites for hydroxylation is 1. The fraction of sp³-hybridized carbons (Fsp3) is 0.472. The summed E-state index contributed by atoms with van der Waals surface area (Å²) in [5.74, 6) is -3.85. The van der Waals surface area contributed by atoms with Crippen LogP contribution < -0.4 is 4.90 Å². The number of carbonyl (C=O) groups excluding carboxylic acids is 1. The number of anilines is 1. The Hall–Kier alpha value is -3.74. The number of carboxylic acids is 2. The molecule has 0 aliphatic carbocycles. The van der Waals surface area contributed by atoms with E-state index in [1.807, 2.05) is 69.3 Å². The first-order valence-corrected chi connectivity index (χ1v) is 15.4. The Kier molecular flexibility index (Phi) is 20.8. The monoisotopic (exact) mass is 597 g/mol. The number of halogens is 1. The van der Waals surface area contributed by atoms with Gasteiger partial charge >= 0.3 is 11.9 Å². The van der Waals surface area contributed by atoms with Crippen molar-refractivity contribution in [2.45, 2.75) is 105 Å². The topological polar surface area (TPSA) is 94.9 Å². The molecule has 43 heavy (non-hydrogen) atoms. The lowest BCUT2D eigenvalue weighted by molar-refractivity contribution is -0.154. The average Bonchev–Trinajstić information content (AvgIpc) is 2.99. The van der Waals surface area contributed by atoms with Gasteiger partial charge in [-0.25, -0.2) is 4.39 Å². The second-order valence-electron chi connectivity index (χ2n) is 10.1. The summed E-state index contributed by atoms with van der Waals surface area (Å²) in [5.41, 5.74) is 4.36. The number of amides is 1. The van der Waals surface area contributed by atoms with Crippen molar-refractivity contribution in [2.75, 3.05) is 4.90 Å². The highest BCUT2D eigenvalue weighted by molar-refractivity contribution is 6.02. The molecule has 1 amide bonds. The van der Waals surface area contributed by atoms with Gasteiger partial charge in [0.2, 0.25) is 5.91 Å². The Bertz CT molecular complexity index is 1090. The molecule has 2 rings (SSSR count). The summed E-state index contributed by atoms with van der Waals surface area (Å²) in [5, 5.41) is 17.8. The van der Waals surface area contributed by atoms with Gasteiger partial charge in [-0.05, 0) is 62.3 Å². The van der Waals surface area contributed by atoms with Crippen LogP contribution in [0.4, 0.5) is 10.1 Å². The van der Waals surface area contributed by atoms with Crippen LogP contribution in [0.1, 0.15) is 91.5 Å². The summed E-state index contributed by atoms with van der Waals surface area (Å²) in [6, 6.07) is 7.97. The number of alkyl halides is 1. The van der Waals surface area contributed by atoms with Crippen LogP contribution in [0, 0.1) is 5.92 Å². The summed E-state index contributed by atoms with van der Waals surface area (Å²) in [6.45, 7) is 17.4. The third-order valence-corrected chi connectivity index (χ3v) is 6.88. The van der Waals surface area contributed by atoms with Crippen molar-refractivity contribution >= 4 is 23.5 Å². The summed E-state index contributed by atoms with van der Waals surface area (Å²) >= 11 is 0. The normalized spacial score (nSPS) is 15.6. The minimum atomic E-state index is -1.35. The van der Waals surface area contributed by atoms with Crippen molar-refractivity contribution in [3.05, 3.63) is 90.6 Å². The van der Waals surface area contributed by atoms with Gasteiger partial charge in [0.1, 0.15) is 6.17 Å². The molecular weight excluding hydrogens is 545 g/mol. The molecule has 1 aromatic rings. The SMILES string of the molecule is C=C/C=C(\C=C/CCCCC(C(=O)O)C(=O)O)C1CC(=O)N1c1ccc(CC)cc1.C=CC(F)C/C=C(\C)CCC.CC. The number of β-lactam (4-membered cyclic amide) rings is 1. The predicted octanol–water partition coefficient (Wildman–Crippen LogP) is 9.04. The molecule has 238 valence electrons. The van der Waals surface area contributed by atoms with Crippen molar-refractivity contribution < 1.29 is 29.0 Å². The Morgan fingerprint density at radius 2 is 1.72 bits per heavy atom. The van der Waals surface area contributed by atoms with Crippen LogP contribution in [0.2, 0.25) is 0 Å². The lowest BCUT2D eigenvalue weighted by Gasteiger charge is -2.41. The molecule has 1 fully saturated rings. The van der Waals surface area contributed by atoms with Crippen LogP contribution in [0.15, 0.2) is 85.0 Å². The fourth-order valence-electron chi connectivity index (χ4n) is 4.40. The van der Waals surface area contributed by atoms with Crippen LogP contribution in [-0.2, 0) is 20.8 Å². The standard InChI is InChI=1S/C24H29NO5.C10H17F.C2H6/c1-3-9-18(10-7-5-6-8-11-20(23(27)28)24(29)30)21-16-22(26)25(21)19-14-12-17(4-2)13-15-19;1-4-6-9(3)7-8-10(11)5-2;1-2/h3,7,9-10,12-15,20-21H,1,4-6,8,11,16H2,2H3,(H,27,28)(H,29,30);5,7,10H,2,4,6,8H2,1,3H3;1-2H3/b10-7-,18-9+;9-7+;. The van der Waals surface area contributed by atoms with E-state index in [9.17, 15) is 18.8 Å². The van der Waals surface area contributed by atoms with Crippen molar-refractivity contribution in [1.82, 2.24) is 0 Å². The first-order valence-electron chi connectivity index (χ1n) is 15.4. The third-order valence-electron chi connectivity index (χ3n) is 6.88. The molecule has 1 heterocycles. The Morgan fingerprint density at radius 1 is 1.09 bits per heavy atom. The highest BCUT2D eigenvalue weighted by Gasteiger charge is 2.38. The van der Waals surface area contributed by atoms with Gasteiger partial charge in [-0.1, -0.05) is 101 Å². The highest BCUT2D eigenvalue weighted by atomic mass is 19.1. The van der Waals surface area contributed by atoms with Crippen LogP contribution >= 0.6 is 0 Å². The number of carbonyl (C=O) groups is 3. The average molecular weight is 598 g/mol. The molecule has 1 aromatic carbocycles. The van der Waals surface area contributed by atoms with Crippen LogP contribution in [0.3, 0.4) is 0 Å². The quantitative estimate of drug-likeness (QED) is 0.0614. The first-order chi connectivity index (χ1) is 20.6. The number of unbranched alkanes of at least 4 members (excludes halogenated alkanes) is 2. The lowest BCUT2D eigenvalue weighted by Crippen LogP contribution is -2.53. The lowest BCUT2D eigenvalue weighted by atomic mass is 9.91. The zero-order chi connectivity index (χ0) is 32.8. The van der Waals surface area contributed by atoms with Gasteiger partial charge in [-0.15, -0.1) is 6.58 Å². The summed E-state index contributed by atoms with van der Waals surface area (Å²) in [4.78, 5) is 35.8. The molecule has 2 unspecified atom stereocenters. The number of aliphatic carboxylic acids is 2. The van der Waals surface area contributed by atoms with E-state index in [4.69, 9.17) is 10.2 Å². The molecule has 2 N–H and O–H groups in total. The van der Waals surface area contributed by atoms with Crippen molar-refractivity contribution in [2.24, 2.45) is 5.92 Å². The number of rotatable bonds is 17. The molecule has 0 bridgehead atoms. The van der Waals surface area contributed by atoms with E-state index < -0.39 is 24.0 Å². The molecule has 2 atom stereocenters. The number of carboxylic acid groups (broad SMARTS) is 2. The third kappa shape index (κ3) is 14.8. The number of hydrogen-bond acceptors (Lipinski definition) is 3. The number of allylic oxidation sites excluding steroid dienone is 6. The molecule has 0 saturated carbocycles. The fourth-order valence-corrected chi connectivity index (χ4v) is 4.40. The van der Waals surface area contributed by atoms with E-state index in [2.05, 4.69) is 27.0 Å². The second-order valence-corrected chi connectivity index (χ2v) is 10.1. The highest BCUT2D eigenvalue weighted by Crippen LogP contribution is 2.33. The van der Waals surface area contributed by atoms with Gasteiger partial charge in [-0.3, -0.25) is 14.4 Å². The van der Waals surface area contributed by atoms with Gasteiger partial charge in [0.25, 0.3) is 0 Å². The van der Waals surface area contributed by atoms with Gasteiger partial charge in [-0.2, -0.15) is 0 Å². The number of hydrogen-bond donors (Lipinski definition) is 2. The second kappa shape index (κ2) is 22.8. The van der Waals surface area contributed by atoms with E-state index in [0.29, 0.717) is 32.1 Å². The summed E-state index contributed by atoms with van der Waals surface area (Å²) < 4.78 is 12.6. The zero-order valence-corrected chi connectivity index (χ0v) is 26.7. The summed E-state index contributed by atoms with van der Waals surface area (Å²) in [6.07, 6.45) is 16.1. The Morgan fingerprint density at radius 3 is 2.21 bits per heavy atom. The van der Waals surface area contributed by atoms with Crippen LogP contribution in [0.25, 0.3) is 0 Å². The Labute approximate surface area is 258 Å². The van der Waals surface area contributed by atoms with Crippen molar-refractivity contribution in [3.63, 3.8) is 0 Å². The van der Waals surface area contributed by atoms with Crippen molar-refractivity contribution in [1.29, 1.82) is 0 Å². The molecule has 0 radical (unpaired) electrons. The smallest absolute Gasteiger partial charge is 0.317 e. The van der Waals surface area contributed by atoms with E-state index in [1.54, 1.807) is 11.0 Å². The molecular formula is C36H52FNO5. The van der Waals surface area contributed by atoms with E-state index in [1.165, 1.54) is 17.2 Å². The van der Waals surface area contributed by atoms with E-state index in [-0.39, 0.29) is 18.4 Å². The van der Waals surface area contributed by atoms with Gasteiger partial charge in [0.15, 0.2) is 5.92 Å². The minimum Gasteiger partial charge on any atom is -0.481 e. The number of nitrogens with zero attached hydrogens (tertiary/aromatic N) is 1. The van der Waals surface area contributed by atoms with Gasteiger partial charge in [0.05, 0.1) is 12.5 Å². The van der Waals surface area contributed by atoms with Crippen LogP contribution in [-0.4, -0.2) is 40.3 Å². The molecule has 0 spiro atoms. The first kappa shape index (κ1) is 39.3. The number of benzene rings is 1. The predicted molar refractivity (Wildman–Crippen MR) is 176 cm³/mol. The molecule has 1 aliphatic heterocycles. The zero-order valence-electron chi connectivity index (χ0n) is 26.7. The van der Waals surface area contributed by atoms with E-state index >= 15 is 0 Å². The minimum absolute atomic E-state index is 0.0392. The van der Waals surface area contributed by atoms with E-state index in [0.717, 1.165) is 30.5 Å². The molecule has 0 aromatic heterocycles. The maximum absolute atomic E-state index is 12.6. The maximum atomic E-state index is 12.6. The largest absolute Gasteiger partial charge is 0.481 e.